The average molecular weight is 491 g/mol. The van der Waals surface area contributed by atoms with Gasteiger partial charge in [-0.05, 0) is 35.4 Å². The Morgan fingerprint density at radius 2 is 1.97 bits per heavy atom. The molecule has 1 fully saturated rings. The predicted octanol–water partition coefficient (Wildman–Crippen LogP) is 4.70. The van der Waals surface area contributed by atoms with Gasteiger partial charge < -0.3 is 15.2 Å². The number of aromatic nitrogens is 1. The van der Waals surface area contributed by atoms with Crippen molar-refractivity contribution < 1.29 is 14.3 Å². The maximum absolute atomic E-state index is 11.5. The molecule has 1 saturated heterocycles. The van der Waals surface area contributed by atoms with Crippen LogP contribution in [0.3, 0.4) is 0 Å². The van der Waals surface area contributed by atoms with E-state index in [1.165, 1.54) is 11.8 Å². The maximum Gasteiger partial charge on any atom is 0.248 e. The highest BCUT2D eigenvalue weighted by molar-refractivity contribution is 7.98. The summed E-state index contributed by atoms with van der Waals surface area (Å²) in [4.78, 5) is 15.8. The van der Waals surface area contributed by atoms with E-state index in [2.05, 4.69) is 17.1 Å². The van der Waals surface area contributed by atoms with Crippen LogP contribution >= 0.6 is 23.4 Å². The number of nitriles is 2. The van der Waals surface area contributed by atoms with Gasteiger partial charge in [0.05, 0.1) is 24.3 Å². The molecule has 9 heteroatoms. The summed E-state index contributed by atoms with van der Waals surface area (Å²) in [6.07, 6.45) is 0.851. The van der Waals surface area contributed by atoms with Gasteiger partial charge in [-0.15, -0.1) is 11.8 Å². The Bertz CT molecular complexity index is 1310. The Balaban J connectivity index is 1.66. The third-order valence-electron chi connectivity index (χ3n) is 5.26. The number of carbonyl (C=O) groups is 1. The smallest absolute Gasteiger partial charge is 0.248 e. The van der Waals surface area contributed by atoms with Gasteiger partial charge in [-0.3, -0.25) is 4.79 Å². The summed E-state index contributed by atoms with van der Waals surface area (Å²) < 4.78 is 11.2. The van der Waals surface area contributed by atoms with Gasteiger partial charge in [0.1, 0.15) is 34.2 Å². The third kappa shape index (κ3) is 5.16. The Morgan fingerprint density at radius 1 is 1.21 bits per heavy atom. The van der Waals surface area contributed by atoms with Crippen LogP contribution in [0.2, 0.25) is 5.15 Å². The van der Waals surface area contributed by atoms with E-state index >= 15 is 0 Å². The lowest BCUT2D eigenvalue weighted by atomic mass is 9.97. The zero-order valence-electron chi connectivity index (χ0n) is 18.0. The van der Waals surface area contributed by atoms with E-state index in [9.17, 15) is 15.3 Å². The quantitative estimate of drug-likeness (QED) is 0.376. The third-order valence-corrected chi connectivity index (χ3v) is 6.58. The summed E-state index contributed by atoms with van der Waals surface area (Å²) in [6.45, 7) is 1.24. The van der Waals surface area contributed by atoms with Crippen molar-refractivity contribution in [2.24, 2.45) is 5.73 Å². The number of primary amides is 1. The molecule has 4 rings (SSSR count). The number of carbonyl (C=O) groups excluding carboxylic acids is 1. The second-order valence-electron chi connectivity index (χ2n) is 7.54. The fourth-order valence-corrected chi connectivity index (χ4v) is 4.80. The number of halogens is 1. The first kappa shape index (κ1) is 23.6. The van der Waals surface area contributed by atoms with Crippen LogP contribution in [0.25, 0.3) is 11.1 Å². The van der Waals surface area contributed by atoms with Crippen molar-refractivity contribution in [3.05, 3.63) is 75.9 Å². The van der Waals surface area contributed by atoms with Crippen molar-refractivity contribution in [2.75, 3.05) is 13.2 Å². The van der Waals surface area contributed by atoms with Crippen molar-refractivity contribution in [2.45, 2.75) is 23.3 Å². The van der Waals surface area contributed by atoms with Crippen LogP contribution < -0.4 is 10.5 Å². The highest BCUT2D eigenvalue weighted by atomic mass is 35.5. The molecule has 1 atom stereocenters. The molecular weight excluding hydrogens is 472 g/mol. The first-order valence-corrected chi connectivity index (χ1v) is 11.8. The lowest BCUT2D eigenvalue weighted by Gasteiger charge is -2.14. The van der Waals surface area contributed by atoms with E-state index < -0.39 is 5.91 Å². The molecule has 2 aromatic carbocycles. The van der Waals surface area contributed by atoms with E-state index in [4.69, 9.17) is 26.8 Å². The van der Waals surface area contributed by atoms with Gasteiger partial charge in [0.2, 0.25) is 5.91 Å². The Morgan fingerprint density at radius 3 is 2.62 bits per heavy atom. The Labute approximate surface area is 206 Å². The van der Waals surface area contributed by atoms with Crippen molar-refractivity contribution in [3.8, 4) is 29.0 Å². The fraction of sp³-hybridized carbons (Fsp3) is 0.200. The Hall–Kier alpha value is -3.56. The minimum atomic E-state index is -0.515. The lowest BCUT2D eigenvalue weighted by molar-refractivity contribution is 0.1000. The topological polar surface area (TPSA) is 122 Å². The number of rotatable bonds is 7. The molecule has 1 amide bonds. The van der Waals surface area contributed by atoms with Gasteiger partial charge in [0.25, 0.3) is 0 Å². The lowest BCUT2D eigenvalue weighted by Crippen LogP contribution is -2.15. The van der Waals surface area contributed by atoms with Gasteiger partial charge >= 0.3 is 0 Å². The fourth-order valence-electron chi connectivity index (χ4n) is 3.60. The second kappa shape index (κ2) is 10.6. The minimum Gasteiger partial charge on any atom is -0.488 e. The molecule has 3 aromatic rings. The largest absolute Gasteiger partial charge is 0.488 e. The highest BCUT2D eigenvalue weighted by Crippen LogP contribution is 2.38. The van der Waals surface area contributed by atoms with Crippen LogP contribution in [0.5, 0.6) is 5.75 Å². The first-order valence-electron chi connectivity index (χ1n) is 10.4. The predicted molar refractivity (Wildman–Crippen MR) is 128 cm³/mol. The van der Waals surface area contributed by atoms with Crippen LogP contribution in [0.1, 0.15) is 33.5 Å². The summed E-state index contributed by atoms with van der Waals surface area (Å²) in [6, 6.07) is 18.4. The normalized spacial score (nSPS) is 14.9. The molecule has 2 N–H and O–H groups in total. The van der Waals surface area contributed by atoms with Crippen molar-refractivity contribution in [1.82, 2.24) is 4.98 Å². The number of amides is 1. The van der Waals surface area contributed by atoms with Crippen molar-refractivity contribution >= 4 is 29.3 Å². The monoisotopic (exact) mass is 490 g/mol. The zero-order chi connectivity index (χ0) is 24.1. The van der Waals surface area contributed by atoms with Crippen LogP contribution in [-0.4, -0.2) is 30.2 Å². The summed E-state index contributed by atoms with van der Waals surface area (Å²) in [7, 11) is 0. The summed E-state index contributed by atoms with van der Waals surface area (Å²) in [5, 5.41) is 20.1. The van der Waals surface area contributed by atoms with E-state index in [1.54, 1.807) is 42.5 Å². The summed E-state index contributed by atoms with van der Waals surface area (Å²) >= 11 is 7.64. The summed E-state index contributed by atoms with van der Waals surface area (Å²) in [5.74, 6) is 0.598. The van der Waals surface area contributed by atoms with Gasteiger partial charge in [-0.1, -0.05) is 35.9 Å². The van der Waals surface area contributed by atoms with Crippen LogP contribution in [-0.2, 0) is 10.5 Å². The maximum atomic E-state index is 11.5. The number of nitrogens with two attached hydrogens (primary N) is 1. The molecule has 1 aromatic heterocycles. The van der Waals surface area contributed by atoms with Crippen LogP contribution in [0, 0.1) is 22.7 Å². The van der Waals surface area contributed by atoms with Crippen LogP contribution in [0.4, 0.5) is 0 Å². The molecular formula is C25H19ClN4O3S. The molecule has 0 saturated carbocycles. The van der Waals surface area contributed by atoms with E-state index in [1.807, 2.05) is 6.07 Å². The number of pyridine rings is 1. The average Bonchev–Trinajstić information content (AvgIpc) is 3.36. The highest BCUT2D eigenvalue weighted by Gasteiger charge is 2.22. The minimum absolute atomic E-state index is 0.0154. The van der Waals surface area contributed by atoms with E-state index in [-0.39, 0.29) is 22.4 Å². The Kier molecular flexibility index (Phi) is 7.34. The zero-order valence-corrected chi connectivity index (χ0v) is 19.5. The molecule has 1 aliphatic heterocycles. The molecule has 7 nitrogen and oxygen atoms in total. The molecule has 0 bridgehead atoms. The van der Waals surface area contributed by atoms with Crippen molar-refractivity contribution in [1.29, 1.82) is 10.5 Å². The van der Waals surface area contributed by atoms with Gasteiger partial charge in [0.15, 0.2) is 0 Å². The van der Waals surface area contributed by atoms with Crippen molar-refractivity contribution in [3.63, 3.8) is 0 Å². The van der Waals surface area contributed by atoms with E-state index in [0.717, 1.165) is 12.0 Å². The molecule has 2 heterocycles. The second-order valence-corrected chi connectivity index (χ2v) is 8.86. The van der Waals surface area contributed by atoms with E-state index in [0.29, 0.717) is 46.4 Å². The molecule has 34 heavy (non-hydrogen) atoms. The number of benzene rings is 2. The summed E-state index contributed by atoms with van der Waals surface area (Å²) in [5.41, 5.74) is 8.08. The standard InChI is InChI=1S/C25H19ClN4O3S/c26-23-20(11-27)22(16-4-6-18(7-5-16)33-19-8-9-32-13-19)21(12-28)25(30-23)34-14-15-2-1-3-17(10-15)24(29)31/h1-7,10,19H,8-9,13-14H2,(H2,29,31). The molecule has 0 aliphatic carbocycles. The van der Waals surface area contributed by atoms with Gasteiger partial charge in [-0.2, -0.15) is 10.5 Å². The molecule has 1 aliphatic rings. The number of ether oxygens (including phenoxy) is 2. The molecule has 1 unspecified atom stereocenters. The first-order chi connectivity index (χ1) is 16.5. The van der Waals surface area contributed by atoms with Gasteiger partial charge in [-0.25, -0.2) is 4.98 Å². The molecule has 170 valence electrons. The van der Waals surface area contributed by atoms with Gasteiger partial charge in [0, 0.05) is 23.3 Å². The number of hydrogen-bond donors (Lipinski definition) is 1. The molecule has 0 radical (unpaired) electrons. The number of nitrogens with zero attached hydrogens (tertiary/aromatic N) is 3. The SMILES string of the molecule is N#Cc1c(Cl)nc(SCc2cccc(C(N)=O)c2)c(C#N)c1-c1ccc(OC2CCOC2)cc1. The number of thioether (sulfide) groups is 1. The van der Waals surface area contributed by atoms with Crippen LogP contribution in [0.15, 0.2) is 53.6 Å². The molecule has 0 spiro atoms. The number of hydrogen-bond acceptors (Lipinski definition) is 7.